The molecule has 6 nitrogen and oxygen atoms in total. The molecule has 2 rings (SSSR count). The van der Waals surface area contributed by atoms with Gasteiger partial charge in [0.05, 0.1) is 6.33 Å². The molecule has 0 bridgehead atoms. The number of nitrogens with one attached hydrogen (secondary N) is 1. The molecule has 0 spiro atoms. The molecule has 2 aromatic heterocycles. The van der Waals surface area contributed by atoms with Gasteiger partial charge in [-0.05, 0) is 20.8 Å². The van der Waals surface area contributed by atoms with Crippen LogP contribution < -0.4 is 11.2 Å². The first kappa shape index (κ1) is 10.7. The van der Waals surface area contributed by atoms with Crippen molar-refractivity contribution in [3.8, 4) is 0 Å². The summed E-state index contributed by atoms with van der Waals surface area (Å²) in [5.74, 6) is 0. The summed E-state index contributed by atoms with van der Waals surface area (Å²) >= 11 is 0. The lowest BCUT2D eigenvalue weighted by molar-refractivity contribution is 0.362. The number of fused-ring (bicyclic) bond motifs is 1. The smallest absolute Gasteiger partial charge is 0.332 e. The van der Waals surface area contributed by atoms with E-state index in [1.54, 1.807) is 7.05 Å². The van der Waals surface area contributed by atoms with Crippen molar-refractivity contribution in [2.45, 2.75) is 26.3 Å². The summed E-state index contributed by atoms with van der Waals surface area (Å²) in [7, 11) is 1.60. The first-order valence-corrected chi connectivity index (χ1v) is 4.99. The Kier molecular flexibility index (Phi) is 2.04. The summed E-state index contributed by atoms with van der Waals surface area (Å²) < 4.78 is 2.60. The molecule has 2 heterocycles. The van der Waals surface area contributed by atoms with Crippen molar-refractivity contribution < 1.29 is 0 Å². The van der Waals surface area contributed by atoms with Crippen LogP contribution in [0.5, 0.6) is 0 Å². The third-order valence-corrected chi connectivity index (χ3v) is 2.50. The molecule has 2 aromatic rings. The number of aromatic nitrogens is 4. The highest BCUT2D eigenvalue weighted by Gasteiger charge is 2.22. The van der Waals surface area contributed by atoms with Gasteiger partial charge in [0, 0.05) is 12.6 Å². The van der Waals surface area contributed by atoms with Gasteiger partial charge < -0.3 is 4.98 Å². The van der Waals surface area contributed by atoms with E-state index >= 15 is 0 Å². The molecule has 0 radical (unpaired) electrons. The highest BCUT2D eigenvalue weighted by molar-refractivity contribution is 5.68. The zero-order valence-corrected chi connectivity index (χ0v) is 9.74. The van der Waals surface area contributed by atoms with Gasteiger partial charge in [-0.1, -0.05) is 0 Å². The molecule has 6 heteroatoms. The molecule has 0 aliphatic heterocycles. The fourth-order valence-corrected chi connectivity index (χ4v) is 1.73. The minimum atomic E-state index is -0.550. The number of aryl methyl sites for hydroxylation is 1. The zero-order chi connectivity index (χ0) is 12.1. The summed E-state index contributed by atoms with van der Waals surface area (Å²) in [6, 6.07) is 0. The molecule has 0 fully saturated rings. The second kappa shape index (κ2) is 3.07. The number of aromatic amines is 1. The molecule has 0 unspecified atom stereocenters. The Labute approximate surface area is 91.5 Å². The van der Waals surface area contributed by atoms with E-state index in [1.807, 2.05) is 20.8 Å². The number of hydrogen-bond acceptors (Lipinski definition) is 3. The van der Waals surface area contributed by atoms with E-state index in [2.05, 4.69) is 9.97 Å². The number of rotatable bonds is 0. The number of hydrogen-bond donors (Lipinski definition) is 1. The van der Waals surface area contributed by atoms with Crippen molar-refractivity contribution in [1.29, 1.82) is 0 Å². The van der Waals surface area contributed by atoms with Gasteiger partial charge in [0.1, 0.15) is 5.52 Å². The molecule has 0 aliphatic carbocycles. The van der Waals surface area contributed by atoms with Gasteiger partial charge in [0.15, 0.2) is 5.65 Å². The van der Waals surface area contributed by atoms with Crippen LogP contribution in [0.1, 0.15) is 20.8 Å². The maximum atomic E-state index is 12.1. The lowest BCUT2D eigenvalue weighted by Crippen LogP contribution is -2.47. The molecule has 0 saturated carbocycles. The summed E-state index contributed by atoms with van der Waals surface area (Å²) in [6.45, 7) is 5.45. The molecule has 0 aliphatic rings. The highest BCUT2D eigenvalue weighted by atomic mass is 16.2. The predicted molar refractivity (Wildman–Crippen MR) is 60.6 cm³/mol. The summed E-state index contributed by atoms with van der Waals surface area (Å²) in [5, 5.41) is 0. The standard InChI is InChI=1S/C10H14N4O2/c1-10(2,3)14-8(15)6-7(12-5-11-6)13(4)9(14)16/h5H,1-4H3,(H,11,12). The van der Waals surface area contributed by atoms with Crippen molar-refractivity contribution >= 4 is 11.2 Å². The van der Waals surface area contributed by atoms with Crippen LogP contribution in [-0.4, -0.2) is 19.1 Å². The molecule has 0 amide bonds. The molecule has 0 saturated heterocycles. The molecular formula is C10H14N4O2. The van der Waals surface area contributed by atoms with Crippen molar-refractivity contribution in [3.63, 3.8) is 0 Å². The van der Waals surface area contributed by atoms with Crippen LogP contribution in [0, 0.1) is 0 Å². The maximum Gasteiger partial charge on any atom is 0.332 e. The van der Waals surface area contributed by atoms with Crippen LogP contribution in [0.3, 0.4) is 0 Å². The Hall–Kier alpha value is -1.85. The first-order chi connectivity index (χ1) is 7.34. The van der Waals surface area contributed by atoms with Crippen LogP contribution in [-0.2, 0) is 12.6 Å². The summed E-state index contributed by atoms with van der Waals surface area (Å²) in [4.78, 5) is 30.8. The third-order valence-electron chi connectivity index (χ3n) is 2.50. The van der Waals surface area contributed by atoms with Crippen LogP contribution in [0.15, 0.2) is 15.9 Å². The molecular weight excluding hydrogens is 208 g/mol. The van der Waals surface area contributed by atoms with E-state index in [0.29, 0.717) is 11.2 Å². The van der Waals surface area contributed by atoms with Crippen molar-refractivity contribution in [2.75, 3.05) is 0 Å². The fraction of sp³-hybridized carbons (Fsp3) is 0.500. The van der Waals surface area contributed by atoms with Crippen LogP contribution in [0.2, 0.25) is 0 Å². The van der Waals surface area contributed by atoms with E-state index in [0.717, 1.165) is 0 Å². The Bertz CT molecular complexity index is 654. The summed E-state index contributed by atoms with van der Waals surface area (Å²) in [5.41, 5.74) is -0.488. The largest absolute Gasteiger partial charge is 0.339 e. The van der Waals surface area contributed by atoms with Gasteiger partial charge in [-0.25, -0.2) is 9.78 Å². The number of nitrogens with zero attached hydrogens (tertiary/aromatic N) is 3. The van der Waals surface area contributed by atoms with E-state index in [-0.39, 0.29) is 11.2 Å². The first-order valence-electron chi connectivity index (χ1n) is 4.99. The van der Waals surface area contributed by atoms with Gasteiger partial charge >= 0.3 is 5.69 Å². The lowest BCUT2D eigenvalue weighted by atomic mass is 10.1. The monoisotopic (exact) mass is 222 g/mol. The lowest BCUT2D eigenvalue weighted by Gasteiger charge is -2.21. The van der Waals surface area contributed by atoms with E-state index in [9.17, 15) is 9.59 Å². The molecule has 16 heavy (non-hydrogen) atoms. The number of H-pyrrole nitrogens is 1. The van der Waals surface area contributed by atoms with Crippen LogP contribution >= 0.6 is 0 Å². The Balaban J connectivity index is 3.07. The van der Waals surface area contributed by atoms with Crippen molar-refractivity contribution in [2.24, 2.45) is 7.05 Å². The van der Waals surface area contributed by atoms with E-state index in [1.165, 1.54) is 15.5 Å². The van der Waals surface area contributed by atoms with Crippen LogP contribution in [0.4, 0.5) is 0 Å². The van der Waals surface area contributed by atoms with Gasteiger partial charge in [0.2, 0.25) is 0 Å². The molecule has 86 valence electrons. The molecule has 1 N–H and O–H groups in total. The zero-order valence-electron chi connectivity index (χ0n) is 9.74. The van der Waals surface area contributed by atoms with Gasteiger partial charge in [-0.3, -0.25) is 13.9 Å². The molecule has 0 atom stereocenters. The minimum absolute atomic E-state index is 0.330. The van der Waals surface area contributed by atoms with Crippen molar-refractivity contribution in [3.05, 3.63) is 27.2 Å². The van der Waals surface area contributed by atoms with Crippen LogP contribution in [0.25, 0.3) is 11.2 Å². The SMILES string of the molecule is Cn1c(=O)n(C(C)(C)C)c(=O)c2[nH]cnc21. The predicted octanol–water partition coefficient (Wildman–Crippen LogP) is 0.178. The van der Waals surface area contributed by atoms with E-state index in [4.69, 9.17) is 0 Å². The van der Waals surface area contributed by atoms with Crippen molar-refractivity contribution in [1.82, 2.24) is 19.1 Å². The van der Waals surface area contributed by atoms with E-state index < -0.39 is 5.54 Å². The third kappa shape index (κ3) is 1.30. The topological polar surface area (TPSA) is 72.7 Å². The highest BCUT2D eigenvalue weighted by Crippen LogP contribution is 2.09. The minimum Gasteiger partial charge on any atom is -0.339 e. The Morgan fingerprint density at radius 1 is 1.31 bits per heavy atom. The quantitative estimate of drug-likeness (QED) is 0.691. The Morgan fingerprint density at radius 3 is 2.50 bits per heavy atom. The average Bonchev–Trinajstić information content (AvgIpc) is 2.61. The fourth-order valence-electron chi connectivity index (χ4n) is 1.73. The Morgan fingerprint density at radius 2 is 1.94 bits per heavy atom. The average molecular weight is 222 g/mol. The van der Waals surface area contributed by atoms with Gasteiger partial charge in [0.25, 0.3) is 5.56 Å². The summed E-state index contributed by atoms with van der Waals surface area (Å²) in [6.07, 6.45) is 1.42. The maximum absolute atomic E-state index is 12.1. The van der Waals surface area contributed by atoms with Gasteiger partial charge in [-0.2, -0.15) is 0 Å². The molecule has 0 aromatic carbocycles. The van der Waals surface area contributed by atoms with Gasteiger partial charge in [-0.15, -0.1) is 0 Å². The number of imidazole rings is 1. The normalized spacial score (nSPS) is 12.2. The second-order valence-electron chi connectivity index (χ2n) is 4.75. The second-order valence-corrected chi connectivity index (χ2v) is 4.75.